The van der Waals surface area contributed by atoms with Gasteiger partial charge in [-0.05, 0) is 37.5 Å². The summed E-state index contributed by atoms with van der Waals surface area (Å²) in [6.07, 6.45) is 0.927. The monoisotopic (exact) mass is 269 g/mol. The molecule has 0 fully saturated rings. The molecule has 0 radical (unpaired) electrons. The number of aromatic hydroxyl groups is 1. The molecule has 0 heterocycles. The fourth-order valence-electron chi connectivity index (χ4n) is 1.92. The average Bonchev–Trinajstić information content (AvgIpc) is 2.26. The Morgan fingerprint density at radius 2 is 2.00 bits per heavy atom. The Balaban J connectivity index is 2.86. The quantitative estimate of drug-likeness (QED) is 0.908. The van der Waals surface area contributed by atoms with E-state index in [-0.39, 0.29) is 23.3 Å². The highest BCUT2D eigenvalue weighted by molar-refractivity contribution is 6.30. The maximum absolute atomic E-state index is 12.2. The molecule has 0 aromatic heterocycles. The van der Waals surface area contributed by atoms with E-state index >= 15 is 0 Å². The van der Waals surface area contributed by atoms with Crippen LogP contribution in [0.4, 0.5) is 0 Å². The highest BCUT2D eigenvalue weighted by Crippen LogP contribution is 2.24. The summed E-state index contributed by atoms with van der Waals surface area (Å²) in [5, 5.41) is 10.2. The van der Waals surface area contributed by atoms with Gasteiger partial charge >= 0.3 is 0 Å². The lowest BCUT2D eigenvalue weighted by Crippen LogP contribution is -2.35. The number of carbonyl (C=O) groups is 1. The van der Waals surface area contributed by atoms with E-state index in [2.05, 4.69) is 13.8 Å². The summed E-state index contributed by atoms with van der Waals surface area (Å²) >= 11 is 5.75. The van der Waals surface area contributed by atoms with Crippen molar-refractivity contribution in [3.8, 4) is 5.75 Å². The second-order valence-corrected chi connectivity index (χ2v) is 5.49. The molecule has 1 amide bonds. The topological polar surface area (TPSA) is 40.5 Å². The molecule has 0 saturated heterocycles. The Morgan fingerprint density at radius 1 is 1.39 bits per heavy atom. The highest BCUT2D eigenvalue weighted by Gasteiger charge is 2.20. The summed E-state index contributed by atoms with van der Waals surface area (Å²) in [7, 11) is 1.75. The van der Waals surface area contributed by atoms with Gasteiger partial charge in [0.15, 0.2) is 0 Å². The van der Waals surface area contributed by atoms with Crippen LogP contribution in [0.2, 0.25) is 5.02 Å². The predicted octanol–water partition coefficient (Wildman–Crippen LogP) is 3.55. The van der Waals surface area contributed by atoms with Crippen molar-refractivity contribution in [3.63, 3.8) is 0 Å². The first-order valence-electron chi connectivity index (χ1n) is 6.08. The lowest BCUT2D eigenvalue weighted by Gasteiger charge is -2.26. The van der Waals surface area contributed by atoms with Crippen LogP contribution in [-0.4, -0.2) is 29.0 Å². The molecule has 4 heteroatoms. The number of benzene rings is 1. The van der Waals surface area contributed by atoms with Crippen molar-refractivity contribution in [3.05, 3.63) is 28.8 Å². The maximum atomic E-state index is 12.2. The van der Waals surface area contributed by atoms with E-state index in [1.54, 1.807) is 24.1 Å². The number of hydrogen-bond acceptors (Lipinski definition) is 2. The Labute approximate surface area is 113 Å². The fourth-order valence-corrected chi connectivity index (χ4v) is 2.08. The van der Waals surface area contributed by atoms with Crippen molar-refractivity contribution in [1.82, 2.24) is 4.90 Å². The van der Waals surface area contributed by atoms with Crippen molar-refractivity contribution in [2.45, 2.75) is 33.2 Å². The van der Waals surface area contributed by atoms with Crippen LogP contribution < -0.4 is 0 Å². The number of amides is 1. The molecular formula is C14H20ClNO2. The highest BCUT2D eigenvalue weighted by atomic mass is 35.5. The second kappa shape index (κ2) is 6.10. The van der Waals surface area contributed by atoms with Crippen LogP contribution >= 0.6 is 11.6 Å². The lowest BCUT2D eigenvalue weighted by atomic mass is 10.0. The normalized spacial score (nSPS) is 12.6. The molecule has 1 N–H and O–H groups in total. The van der Waals surface area contributed by atoms with Crippen molar-refractivity contribution in [2.24, 2.45) is 5.92 Å². The molecule has 18 heavy (non-hydrogen) atoms. The van der Waals surface area contributed by atoms with Crippen molar-refractivity contribution in [1.29, 1.82) is 0 Å². The molecule has 1 aromatic rings. The Hall–Kier alpha value is -1.22. The molecule has 0 aliphatic carbocycles. The van der Waals surface area contributed by atoms with Crippen molar-refractivity contribution < 1.29 is 9.90 Å². The Bertz CT molecular complexity index is 432. The molecule has 100 valence electrons. The van der Waals surface area contributed by atoms with E-state index in [9.17, 15) is 9.90 Å². The Morgan fingerprint density at radius 3 is 2.50 bits per heavy atom. The molecule has 0 bridgehead atoms. The van der Waals surface area contributed by atoms with Crippen LogP contribution in [0, 0.1) is 5.92 Å². The minimum absolute atomic E-state index is 0.0731. The molecule has 0 aliphatic rings. The van der Waals surface area contributed by atoms with Gasteiger partial charge in [-0.3, -0.25) is 4.79 Å². The third-order valence-corrected chi connectivity index (χ3v) is 3.22. The first-order valence-corrected chi connectivity index (χ1v) is 6.46. The van der Waals surface area contributed by atoms with E-state index in [1.165, 1.54) is 6.07 Å². The molecule has 0 saturated carbocycles. The van der Waals surface area contributed by atoms with Gasteiger partial charge in [0.2, 0.25) is 0 Å². The van der Waals surface area contributed by atoms with Crippen LogP contribution in [0.1, 0.15) is 37.6 Å². The predicted molar refractivity (Wildman–Crippen MR) is 74.1 cm³/mol. The van der Waals surface area contributed by atoms with Gasteiger partial charge in [0.1, 0.15) is 5.75 Å². The van der Waals surface area contributed by atoms with Gasteiger partial charge in [-0.2, -0.15) is 0 Å². The molecule has 1 unspecified atom stereocenters. The van der Waals surface area contributed by atoms with Crippen LogP contribution in [0.5, 0.6) is 5.75 Å². The number of hydrogen-bond donors (Lipinski definition) is 1. The molecule has 0 aliphatic heterocycles. The molecule has 1 aromatic carbocycles. The van der Waals surface area contributed by atoms with E-state index in [0.717, 1.165) is 6.42 Å². The van der Waals surface area contributed by atoms with Gasteiger partial charge in [-0.15, -0.1) is 0 Å². The molecular weight excluding hydrogens is 250 g/mol. The van der Waals surface area contributed by atoms with Crippen molar-refractivity contribution in [2.75, 3.05) is 7.05 Å². The van der Waals surface area contributed by atoms with Gasteiger partial charge in [-0.1, -0.05) is 25.4 Å². The van der Waals surface area contributed by atoms with E-state index in [1.807, 2.05) is 6.92 Å². The standard InChI is InChI=1S/C14H20ClNO2/c1-9(2)7-10(3)16(4)14(18)12-6-5-11(15)8-13(12)17/h5-6,8-10,17H,7H2,1-4H3. The third-order valence-electron chi connectivity index (χ3n) is 2.98. The molecule has 1 rings (SSSR count). The van der Waals surface area contributed by atoms with Gasteiger partial charge < -0.3 is 10.0 Å². The van der Waals surface area contributed by atoms with Crippen LogP contribution in [0.3, 0.4) is 0 Å². The zero-order valence-electron chi connectivity index (χ0n) is 11.3. The largest absolute Gasteiger partial charge is 0.507 e. The summed E-state index contributed by atoms with van der Waals surface area (Å²) < 4.78 is 0. The zero-order chi connectivity index (χ0) is 13.9. The van der Waals surface area contributed by atoms with Crippen LogP contribution in [-0.2, 0) is 0 Å². The minimum atomic E-state index is -0.183. The lowest BCUT2D eigenvalue weighted by molar-refractivity contribution is 0.0725. The summed E-state index contributed by atoms with van der Waals surface area (Å²) in [6, 6.07) is 4.68. The number of phenols is 1. The second-order valence-electron chi connectivity index (χ2n) is 5.06. The van der Waals surface area contributed by atoms with Gasteiger partial charge in [-0.25, -0.2) is 0 Å². The SMILES string of the molecule is CC(C)CC(C)N(C)C(=O)c1ccc(Cl)cc1O. The maximum Gasteiger partial charge on any atom is 0.257 e. The number of carbonyl (C=O) groups excluding carboxylic acids is 1. The van der Waals surface area contributed by atoms with E-state index in [4.69, 9.17) is 11.6 Å². The number of phenolic OH excluding ortho intramolecular Hbond substituents is 1. The van der Waals surface area contributed by atoms with Gasteiger partial charge in [0, 0.05) is 18.1 Å². The Kier molecular flexibility index (Phi) is 5.03. The van der Waals surface area contributed by atoms with Crippen molar-refractivity contribution >= 4 is 17.5 Å². The van der Waals surface area contributed by atoms with Crippen LogP contribution in [0.15, 0.2) is 18.2 Å². The minimum Gasteiger partial charge on any atom is -0.507 e. The number of halogens is 1. The summed E-state index contributed by atoms with van der Waals surface area (Å²) in [5.74, 6) is 0.266. The summed E-state index contributed by atoms with van der Waals surface area (Å²) in [5.41, 5.74) is 0.289. The smallest absolute Gasteiger partial charge is 0.257 e. The fraction of sp³-hybridized carbons (Fsp3) is 0.500. The number of rotatable bonds is 4. The number of nitrogens with zero attached hydrogens (tertiary/aromatic N) is 1. The first kappa shape index (κ1) is 14.8. The van der Waals surface area contributed by atoms with Gasteiger partial charge in [0.05, 0.1) is 5.56 Å². The molecule has 0 spiro atoms. The molecule has 3 nitrogen and oxygen atoms in total. The third kappa shape index (κ3) is 3.64. The first-order chi connectivity index (χ1) is 8.32. The van der Waals surface area contributed by atoms with Crippen LogP contribution in [0.25, 0.3) is 0 Å². The summed E-state index contributed by atoms with van der Waals surface area (Å²) in [6.45, 7) is 6.24. The van der Waals surface area contributed by atoms with E-state index < -0.39 is 0 Å². The zero-order valence-corrected chi connectivity index (χ0v) is 12.0. The summed E-state index contributed by atoms with van der Waals surface area (Å²) in [4.78, 5) is 13.9. The van der Waals surface area contributed by atoms with E-state index in [0.29, 0.717) is 10.9 Å². The average molecular weight is 270 g/mol. The molecule has 1 atom stereocenters. The van der Waals surface area contributed by atoms with Gasteiger partial charge in [0.25, 0.3) is 5.91 Å².